The molecule has 0 aliphatic heterocycles. The van der Waals surface area contributed by atoms with E-state index in [0.29, 0.717) is 0 Å². The largest absolute Gasteiger partial charge is 0.369 e. The predicted molar refractivity (Wildman–Crippen MR) is 104 cm³/mol. The second kappa shape index (κ2) is 5.53. The molecule has 5 rings (SSSR count). The molecule has 3 heteroatoms. The van der Waals surface area contributed by atoms with Crippen molar-refractivity contribution in [1.82, 2.24) is 4.98 Å². The number of pyridine rings is 1. The van der Waals surface area contributed by atoms with Crippen LogP contribution in [0.1, 0.15) is 17.0 Å². The van der Waals surface area contributed by atoms with Crippen molar-refractivity contribution >= 4 is 16.8 Å². The lowest BCUT2D eigenvalue weighted by Gasteiger charge is -2.12. The molecule has 1 aliphatic carbocycles. The third-order valence-electron chi connectivity index (χ3n) is 5.13. The Labute approximate surface area is 151 Å². The summed E-state index contributed by atoms with van der Waals surface area (Å²) in [6.07, 6.45) is 1.90. The highest BCUT2D eigenvalue weighted by molar-refractivity contribution is 6.00. The van der Waals surface area contributed by atoms with Gasteiger partial charge in [-0.25, -0.2) is 0 Å². The molecule has 3 aromatic carbocycles. The van der Waals surface area contributed by atoms with E-state index in [4.69, 9.17) is 5.73 Å². The summed E-state index contributed by atoms with van der Waals surface area (Å²) in [7, 11) is 0. The number of benzene rings is 3. The topological polar surface area (TPSA) is 56.0 Å². The number of aromatic nitrogens is 1. The van der Waals surface area contributed by atoms with Crippen molar-refractivity contribution in [2.45, 2.75) is 5.92 Å². The lowest BCUT2D eigenvalue weighted by Crippen LogP contribution is -2.20. The molecule has 4 aromatic rings. The molecule has 0 bridgehead atoms. The Bertz CT molecular complexity index is 1180. The highest BCUT2D eigenvalue weighted by atomic mass is 16.1. The van der Waals surface area contributed by atoms with Gasteiger partial charge in [-0.3, -0.25) is 9.78 Å². The van der Waals surface area contributed by atoms with Gasteiger partial charge in [0.1, 0.15) is 0 Å². The van der Waals surface area contributed by atoms with Gasteiger partial charge in [0.25, 0.3) is 0 Å². The van der Waals surface area contributed by atoms with Crippen molar-refractivity contribution in [1.29, 1.82) is 0 Å². The monoisotopic (exact) mass is 336 g/mol. The Balaban J connectivity index is 1.80. The first-order chi connectivity index (χ1) is 12.7. The summed E-state index contributed by atoms with van der Waals surface area (Å²) >= 11 is 0. The molecular weight excluding hydrogens is 320 g/mol. The van der Waals surface area contributed by atoms with Gasteiger partial charge in [-0.1, -0.05) is 60.7 Å². The predicted octanol–water partition coefficient (Wildman–Crippen LogP) is 4.50. The first-order valence-corrected chi connectivity index (χ1v) is 8.61. The number of carbonyl (C=O) groups is 1. The number of para-hydroxylation sites is 1. The van der Waals surface area contributed by atoms with Gasteiger partial charge in [0.05, 0.1) is 11.4 Å². The fourth-order valence-corrected chi connectivity index (χ4v) is 4.02. The van der Waals surface area contributed by atoms with E-state index in [1.807, 2.05) is 54.7 Å². The summed E-state index contributed by atoms with van der Waals surface area (Å²) < 4.78 is 0. The minimum absolute atomic E-state index is 0.315. The van der Waals surface area contributed by atoms with Crippen molar-refractivity contribution in [3.8, 4) is 22.3 Å². The zero-order chi connectivity index (χ0) is 17.7. The number of hydrogen-bond acceptors (Lipinski definition) is 2. The summed E-state index contributed by atoms with van der Waals surface area (Å²) in [6.45, 7) is 0. The Kier molecular flexibility index (Phi) is 3.16. The lowest BCUT2D eigenvalue weighted by molar-refractivity contribution is -0.118. The van der Waals surface area contributed by atoms with E-state index in [2.05, 4.69) is 29.2 Å². The lowest BCUT2D eigenvalue weighted by atomic mass is 9.93. The first-order valence-electron chi connectivity index (χ1n) is 8.61. The average Bonchev–Trinajstić information content (AvgIpc) is 3.02. The molecule has 1 aliphatic rings. The van der Waals surface area contributed by atoms with Crippen LogP contribution >= 0.6 is 0 Å². The smallest absolute Gasteiger partial charge is 0.229 e. The number of hydrogen-bond donors (Lipinski definition) is 1. The van der Waals surface area contributed by atoms with Crippen LogP contribution in [0.15, 0.2) is 79.0 Å². The van der Waals surface area contributed by atoms with E-state index in [-0.39, 0.29) is 5.91 Å². The van der Waals surface area contributed by atoms with Crippen LogP contribution in [-0.4, -0.2) is 10.9 Å². The summed E-state index contributed by atoms with van der Waals surface area (Å²) in [5.74, 6) is -0.709. The molecule has 0 radical (unpaired) electrons. The van der Waals surface area contributed by atoms with Crippen LogP contribution in [0.4, 0.5) is 0 Å². The van der Waals surface area contributed by atoms with Crippen LogP contribution in [0.2, 0.25) is 0 Å². The van der Waals surface area contributed by atoms with Crippen LogP contribution in [0.5, 0.6) is 0 Å². The maximum atomic E-state index is 12.2. The number of carbonyl (C=O) groups excluding carboxylic acids is 1. The standard InChI is InChI=1S/C23H16N2O/c24-23(26)22-18-8-3-2-7-17(18)21-16(9-5-10-19(21)22)15-12-14-6-1-4-11-20(14)25-13-15/h1-13,22H,(H2,24,26)/t22-/m1/s1. The van der Waals surface area contributed by atoms with Crippen molar-refractivity contribution < 1.29 is 4.79 Å². The summed E-state index contributed by atoms with van der Waals surface area (Å²) in [5.41, 5.74) is 13.0. The van der Waals surface area contributed by atoms with E-state index in [9.17, 15) is 4.79 Å². The van der Waals surface area contributed by atoms with E-state index < -0.39 is 5.92 Å². The molecule has 1 aromatic heterocycles. The number of amides is 1. The summed E-state index contributed by atoms with van der Waals surface area (Å²) in [6, 6.07) is 24.3. The Hall–Kier alpha value is -3.46. The Morgan fingerprint density at radius 3 is 2.46 bits per heavy atom. The SMILES string of the molecule is NC(=O)[C@@H]1c2ccccc2-c2c(-c3cnc4ccccc4c3)cccc21. The maximum absolute atomic E-state index is 12.2. The Morgan fingerprint density at radius 1 is 0.846 bits per heavy atom. The zero-order valence-corrected chi connectivity index (χ0v) is 14.0. The second-order valence-electron chi connectivity index (χ2n) is 6.61. The van der Waals surface area contributed by atoms with E-state index in [1.54, 1.807) is 0 Å². The molecule has 0 spiro atoms. The fraction of sp³-hybridized carbons (Fsp3) is 0.0435. The normalized spacial score (nSPS) is 14.8. The van der Waals surface area contributed by atoms with E-state index in [1.165, 1.54) is 0 Å². The summed E-state index contributed by atoms with van der Waals surface area (Å²) in [4.78, 5) is 16.8. The number of rotatable bonds is 2. The summed E-state index contributed by atoms with van der Waals surface area (Å²) in [5, 5.41) is 1.10. The van der Waals surface area contributed by atoms with Crippen molar-refractivity contribution in [2.75, 3.05) is 0 Å². The van der Waals surface area contributed by atoms with Crippen molar-refractivity contribution in [3.05, 3.63) is 90.1 Å². The molecule has 0 saturated carbocycles. The molecule has 124 valence electrons. The fourth-order valence-electron chi connectivity index (χ4n) is 4.02. The zero-order valence-electron chi connectivity index (χ0n) is 14.0. The molecular formula is C23H16N2O. The third kappa shape index (κ3) is 2.07. The van der Waals surface area contributed by atoms with Gasteiger partial charge in [-0.05, 0) is 39.9 Å². The van der Waals surface area contributed by atoms with E-state index in [0.717, 1.165) is 44.3 Å². The van der Waals surface area contributed by atoms with Crippen LogP contribution in [-0.2, 0) is 4.79 Å². The van der Waals surface area contributed by atoms with Gasteiger partial charge in [0, 0.05) is 17.1 Å². The van der Waals surface area contributed by atoms with Gasteiger partial charge >= 0.3 is 0 Å². The quantitative estimate of drug-likeness (QED) is 0.586. The average molecular weight is 336 g/mol. The van der Waals surface area contributed by atoms with Crippen molar-refractivity contribution in [3.63, 3.8) is 0 Å². The van der Waals surface area contributed by atoms with Crippen molar-refractivity contribution in [2.24, 2.45) is 5.73 Å². The van der Waals surface area contributed by atoms with Gasteiger partial charge in [0.2, 0.25) is 5.91 Å². The minimum Gasteiger partial charge on any atom is -0.369 e. The number of primary amides is 1. The number of fused-ring (bicyclic) bond motifs is 4. The minimum atomic E-state index is -0.394. The number of nitrogens with zero attached hydrogens (tertiary/aromatic N) is 1. The molecule has 1 heterocycles. The van der Waals surface area contributed by atoms with Gasteiger partial charge in [-0.15, -0.1) is 0 Å². The highest BCUT2D eigenvalue weighted by Crippen LogP contribution is 2.48. The molecule has 3 nitrogen and oxygen atoms in total. The molecule has 1 amide bonds. The molecule has 0 fully saturated rings. The van der Waals surface area contributed by atoms with Crippen LogP contribution in [0.3, 0.4) is 0 Å². The molecule has 0 saturated heterocycles. The first kappa shape index (κ1) is 14.8. The van der Waals surface area contributed by atoms with Crippen LogP contribution in [0, 0.1) is 0 Å². The van der Waals surface area contributed by atoms with Gasteiger partial charge < -0.3 is 5.73 Å². The molecule has 0 unspecified atom stereocenters. The van der Waals surface area contributed by atoms with Gasteiger partial charge in [0.15, 0.2) is 0 Å². The van der Waals surface area contributed by atoms with Gasteiger partial charge in [-0.2, -0.15) is 0 Å². The molecule has 2 N–H and O–H groups in total. The maximum Gasteiger partial charge on any atom is 0.229 e. The molecule has 26 heavy (non-hydrogen) atoms. The van der Waals surface area contributed by atoms with Crippen LogP contribution in [0.25, 0.3) is 33.2 Å². The number of nitrogens with two attached hydrogens (primary N) is 1. The van der Waals surface area contributed by atoms with Crippen LogP contribution < -0.4 is 5.73 Å². The van der Waals surface area contributed by atoms with E-state index >= 15 is 0 Å². The Morgan fingerprint density at radius 2 is 1.58 bits per heavy atom. The molecule has 1 atom stereocenters. The second-order valence-corrected chi connectivity index (χ2v) is 6.61. The highest BCUT2D eigenvalue weighted by Gasteiger charge is 2.33. The third-order valence-corrected chi connectivity index (χ3v) is 5.13.